The number of unbranched alkanes of at least 4 members (excludes halogenated alkanes) is 1. The van der Waals surface area contributed by atoms with E-state index in [0.717, 1.165) is 18.5 Å². The molecule has 1 aromatic rings. The molecule has 0 saturated heterocycles. The van der Waals surface area contributed by atoms with Gasteiger partial charge in [-0.05, 0) is 45.7 Å². The van der Waals surface area contributed by atoms with E-state index in [1.54, 1.807) is 26.4 Å². The number of aliphatic imine (C=N–C) groups is 1. The molecular weight excluding hydrogens is 463 g/mol. The van der Waals surface area contributed by atoms with Crippen LogP contribution in [-0.2, 0) is 4.74 Å². The second kappa shape index (κ2) is 12.5. The summed E-state index contributed by atoms with van der Waals surface area (Å²) in [5.41, 5.74) is 6.15. The van der Waals surface area contributed by atoms with Crippen LogP contribution >= 0.6 is 24.0 Å². The predicted molar refractivity (Wildman–Crippen MR) is 119 cm³/mol. The van der Waals surface area contributed by atoms with Crippen molar-refractivity contribution in [2.24, 2.45) is 10.7 Å². The number of nitrogens with two attached hydrogens (primary N) is 1. The van der Waals surface area contributed by atoms with Gasteiger partial charge >= 0.3 is 6.09 Å². The van der Waals surface area contributed by atoms with Gasteiger partial charge in [0.1, 0.15) is 5.60 Å². The van der Waals surface area contributed by atoms with Gasteiger partial charge in [0.2, 0.25) is 0 Å². The van der Waals surface area contributed by atoms with E-state index in [-0.39, 0.29) is 24.0 Å². The standard InChI is InChI=1S/C18H30N4O4.HI/c1-18(2,3)26-17(23)21-11-7-6-10-20-16(19)22-13-8-9-14(24-4)15(12-13)25-5;/h8-9,12H,6-7,10-11H2,1-5H3,(H,21,23)(H3,19,20,22);1H. The molecule has 0 radical (unpaired) electrons. The molecule has 0 spiro atoms. The highest BCUT2D eigenvalue weighted by atomic mass is 127. The third kappa shape index (κ3) is 10.7. The number of guanidine groups is 1. The number of methoxy groups -OCH3 is 2. The number of nitrogens with zero attached hydrogens (tertiary/aromatic N) is 1. The molecule has 154 valence electrons. The molecule has 0 saturated carbocycles. The lowest BCUT2D eigenvalue weighted by Crippen LogP contribution is -2.33. The van der Waals surface area contributed by atoms with Crippen molar-refractivity contribution in [2.75, 3.05) is 32.6 Å². The van der Waals surface area contributed by atoms with Crippen molar-refractivity contribution < 1.29 is 19.0 Å². The first-order chi connectivity index (χ1) is 12.2. The first-order valence-corrected chi connectivity index (χ1v) is 8.51. The first kappa shape index (κ1) is 25.1. The van der Waals surface area contributed by atoms with Gasteiger partial charge in [0, 0.05) is 24.8 Å². The minimum Gasteiger partial charge on any atom is -0.493 e. The van der Waals surface area contributed by atoms with Crippen LogP contribution in [0.5, 0.6) is 11.5 Å². The molecule has 0 aliphatic heterocycles. The molecule has 8 nitrogen and oxygen atoms in total. The molecule has 1 rings (SSSR count). The highest BCUT2D eigenvalue weighted by Crippen LogP contribution is 2.29. The van der Waals surface area contributed by atoms with E-state index in [0.29, 0.717) is 30.5 Å². The summed E-state index contributed by atoms with van der Waals surface area (Å²) in [6.07, 6.45) is 1.17. The zero-order valence-electron chi connectivity index (χ0n) is 16.6. The third-order valence-corrected chi connectivity index (χ3v) is 3.19. The number of rotatable bonds is 8. The van der Waals surface area contributed by atoms with Crippen molar-refractivity contribution >= 4 is 41.7 Å². The molecule has 9 heteroatoms. The minimum atomic E-state index is -0.487. The second-order valence-corrected chi connectivity index (χ2v) is 6.60. The van der Waals surface area contributed by atoms with Crippen molar-refractivity contribution in [3.05, 3.63) is 18.2 Å². The van der Waals surface area contributed by atoms with E-state index in [4.69, 9.17) is 19.9 Å². The smallest absolute Gasteiger partial charge is 0.407 e. The SMILES string of the molecule is COc1ccc(NC(N)=NCCCCNC(=O)OC(C)(C)C)cc1OC.I. The van der Waals surface area contributed by atoms with Gasteiger partial charge in [-0.1, -0.05) is 0 Å². The van der Waals surface area contributed by atoms with E-state index in [1.165, 1.54) is 0 Å². The molecule has 1 aromatic carbocycles. The molecule has 0 unspecified atom stereocenters. The largest absolute Gasteiger partial charge is 0.493 e. The molecule has 0 aromatic heterocycles. The number of carbonyl (C=O) groups is 1. The van der Waals surface area contributed by atoms with Crippen molar-refractivity contribution in [1.29, 1.82) is 0 Å². The van der Waals surface area contributed by atoms with Gasteiger partial charge in [-0.25, -0.2) is 4.79 Å². The first-order valence-electron chi connectivity index (χ1n) is 8.51. The molecular formula is C18H31IN4O4. The van der Waals surface area contributed by atoms with Crippen LogP contribution in [0.25, 0.3) is 0 Å². The number of carbonyl (C=O) groups excluding carboxylic acids is 1. The fourth-order valence-corrected chi connectivity index (χ4v) is 2.04. The fourth-order valence-electron chi connectivity index (χ4n) is 2.04. The number of nitrogens with one attached hydrogen (secondary N) is 2. The maximum atomic E-state index is 11.5. The summed E-state index contributed by atoms with van der Waals surface area (Å²) >= 11 is 0. The Kier molecular flexibility index (Phi) is 11.6. The molecule has 0 aliphatic carbocycles. The van der Waals surface area contributed by atoms with E-state index in [1.807, 2.05) is 26.8 Å². The summed E-state index contributed by atoms with van der Waals surface area (Å²) in [4.78, 5) is 15.8. The number of hydrogen-bond donors (Lipinski definition) is 3. The average Bonchev–Trinajstić information content (AvgIpc) is 2.56. The van der Waals surface area contributed by atoms with Crippen LogP contribution < -0.4 is 25.8 Å². The van der Waals surface area contributed by atoms with Crippen LogP contribution in [0, 0.1) is 0 Å². The number of anilines is 1. The Bertz CT molecular complexity index is 618. The number of amides is 1. The maximum Gasteiger partial charge on any atom is 0.407 e. The van der Waals surface area contributed by atoms with Crippen LogP contribution in [0.4, 0.5) is 10.5 Å². The molecule has 1 amide bonds. The van der Waals surface area contributed by atoms with E-state index in [2.05, 4.69) is 15.6 Å². The summed E-state index contributed by atoms with van der Waals surface area (Å²) < 4.78 is 15.6. The van der Waals surface area contributed by atoms with Crippen molar-refractivity contribution in [3.63, 3.8) is 0 Å². The summed E-state index contributed by atoms with van der Waals surface area (Å²) in [6.45, 7) is 6.58. The maximum absolute atomic E-state index is 11.5. The third-order valence-electron chi connectivity index (χ3n) is 3.19. The van der Waals surface area contributed by atoms with Crippen LogP contribution in [0.1, 0.15) is 33.6 Å². The van der Waals surface area contributed by atoms with E-state index in [9.17, 15) is 4.79 Å². The molecule has 0 atom stereocenters. The van der Waals surface area contributed by atoms with Crippen molar-refractivity contribution in [2.45, 2.75) is 39.2 Å². The van der Waals surface area contributed by atoms with Gasteiger partial charge in [-0.2, -0.15) is 0 Å². The Hall–Kier alpha value is -1.91. The zero-order valence-corrected chi connectivity index (χ0v) is 19.0. The van der Waals surface area contributed by atoms with Gasteiger partial charge in [-0.15, -0.1) is 24.0 Å². The van der Waals surface area contributed by atoms with Gasteiger partial charge in [0.15, 0.2) is 17.5 Å². The Balaban J connectivity index is 0.00000676. The van der Waals surface area contributed by atoms with Gasteiger partial charge in [0.25, 0.3) is 0 Å². The number of hydrogen-bond acceptors (Lipinski definition) is 5. The second-order valence-electron chi connectivity index (χ2n) is 6.60. The quantitative estimate of drug-likeness (QED) is 0.222. The van der Waals surface area contributed by atoms with Crippen molar-refractivity contribution in [3.8, 4) is 11.5 Å². The van der Waals surface area contributed by atoms with Gasteiger partial charge in [0.05, 0.1) is 14.2 Å². The highest BCUT2D eigenvalue weighted by molar-refractivity contribution is 14.0. The van der Waals surface area contributed by atoms with E-state index < -0.39 is 11.7 Å². The Labute approximate surface area is 178 Å². The van der Waals surface area contributed by atoms with Gasteiger partial charge in [-0.3, -0.25) is 4.99 Å². The van der Waals surface area contributed by atoms with Crippen LogP contribution in [0.15, 0.2) is 23.2 Å². The van der Waals surface area contributed by atoms with Crippen molar-refractivity contribution in [1.82, 2.24) is 5.32 Å². The number of ether oxygens (including phenoxy) is 3. The Morgan fingerprint density at radius 1 is 1.15 bits per heavy atom. The molecule has 27 heavy (non-hydrogen) atoms. The molecule has 0 bridgehead atoms. The topological polar surface area (TPSA) is 107 Å². The number of halogens is 1. The lowest BCUT2D eigenvalue weighted by Gasteiger charge is -2.19. The molecule has 0 fully saturated rings. The highest BCUT2D eigenvalue weighted by Gasteiger charge is 2.15. The monoisotopic (exact) mass is 494 g/mol. The predicted octanol–water partition coefficient (Wildman–Crippen LogP) is 3.35. The van der Waals surface area contributed by atoms with Crippen LogP contribution in [-0.4, -0.2) is 45.0 Å². The van der Waals surface area contributed by atoms with E-state index >= 15 is 0 Å². The molecule has 4 N–H and O–H groups in total. The lowest BCUT2D eigenvalue weighted by molar-refractivity contribution is 0.0527. The van der Waals surface area contributed by atoms with Crippen LogP contribution in [0.2, 0.25) is 0 Å². The summed E-state index contributed by atoms with van der Waals surface area (Å²) in [6, 6.07) is 5.40. The minimum absolute atomic E-state index is 0. The molecule has 0 heterocycles. The number of benzene rings is 1. The fraction of sp³-hybridized carbons (Fsp3) is 0.556. The molecule has 0 aliphatic rings. The number of alkyl carbamates (subject to hydrolysis) is 1. The lowest BCUT2D eigenvalue weighted by atomic mass is 10.2. The Morgan fingerprint density at radius 2 is 1.81 bits per heavy atom. The summed E-state index contributed by atoms with van der Waals surface area (Å²) in [5.74, 6) is 1.57. The summed E-state index contributed by atoms with van der Waals surface area (Å²) in [7, 11) is 3.16. The van der Waals surface area contributed by atoms with Crippen LogP contribution in [0.3, 0.4) is 0 Å². The van der Waals surface area contributed by atoms with Gasteiger partial charge < -0.3 is 30.6 Å². The average molecular weight is 494 g/mol. The normalized spacial score (nSPS) is 11.2. The Morgan fingerprint density at radius 3 is 2.41 bits per heavy atom. The summed E-state index contributed by atoms with van der Waals surface area (Å²) in [5, 5.41) is 5.71. The zero-order chi connectivity index (χ0) is 19.6.